The molecule has 1 amide bonds. The van der Waals surface area contributed by atoms with Crippen LogP contribution < -0.4 is 4.90 Å². The summed E-state index contributed by atoms with van der Waals surface area (Å²) in [4.78, 5) is 12.6. The minimum absolute atomic E-state index is 0.0780. The SMILES string of the molecule is CCC(=O)N(C)c1ccn[nH]1. The second-order valence-corrected chi connectivity index (χ2v) is 2.25. The van der Waals surface area contributed by atoms with Gasteiger partial charge in [0.15, 0.2) is 0 Å². The molecule has 4 nitrogen and oxygen atoms in total. The van der Waals surface area contributed by atoms with E-state index in [1.54, 1.807) is 24.2 Å². The first-order valence-corrected chi connectivity index (χ1v) is 3.51. The Labute approximate surface area is 65.2 Å². The molecule has 0 unspecified atom stereocenters. The molecule has 1 aromatic heterocycles. The zero-order valence-electron chi connectivity index (χ0n) is 6.66. The predicted octanol–water partition coefficient (Wildman–Crippen LogP) is 0.782. The van der Waals surface area contributed by atoms with Crippen molar-refractivity contribution in [3.05, 3.63) is 12.3 Å². The number of amides is 1. The summed E-state index contributed by atoms with van der Waals surface area (Å²) in [5, 5.41) is 6.45. The Morgan fingerprint density at radius 2 is 2.55 bits per heavy atom. The maximum atomic E-state index is 11.1. The molecule has 1 N–H and O–H groups in total. The number of carbonyl (C=O) groups is 1. The predicted molar refractivity (Wildman–Crippen MR) is 42.3 cm³/mol. The fraction of sp³-hybridized carbons (Fsp3) is 0.429. The van der Waals surface area contributed by atoms with Gasteiger partial charge in [0.25, 0.3) is 0 Å². The van der Waals surface area contributed by atoms with Crippen LogP contribution in [-0.2, 0) is 4.79 Å². The van der Waals surface area contributed by atoms with Gasteiger partial charge < -0.3 is 4.90 Å². The van der Waals surface area contributed by atoms with E-state index in [0.29, 0.717) is 6.42 Å². The van der Waals surface area contributed by atoms with Crippen LogP contribution in [0, 0.1) is 0 Å². The van der Waals surface area contributed by atoms with E-state index < -0.39 is 0 Å². The minimum atomic E-state index is 0.0780. The number of aromatic amines is 1. The highest BCUT2D eigenvalue weighted by Gasteiger charge is 2.07. The standard InChI is InChI=1S/C7H11N3O/c1-3-7(11)10(2)6-4-5-8-9-6/h4-5H,3H2,1-2H3,(H,8,9). The molecule has 0 aliphatic carbocycles. The van der Waals surface area contributed by atoms with Crippen molar-refractivity contribution in [2.24, 2.45) is 0 Å². The number of aromatic nitrogens is 2. The van der Waals surface area contributed by atoms with Crippen LogP contribution in [0.4, 0.5) is 5.82 Å². The van der Waals surface area contributed by atoms with E-state index in [4.69, 9.17) is 0 Å². The second-order valence-electron chi connectivity index (χ2n) is 2.25. The van der Waals surface area contributed by atoms with Gasteiger partial charge in [-0.3, -0.25) is 9.89 Å². The number of hydrogen-bond acceptors (Lipinski definition) is 2. The third-order valence-electron chi connectivity index (χ3n) is 1.52. The third kappa shape index (κ3) is 1.58. The van der Waals surface area contributed by atoms with Gasteiger partial charge >= 0.3 is 0 Å². The number of rotatable bonds is 2. The van der Waals surface area contributed by atoms with Crippen LogP contribution in [-0.4, -0.2) is 23.2 Å². The summed E-state index contributed by atoms with van der Waals surface area (Å²) in [5.74, 6) is 0.811. The summed E-state index contributed by atoms with van der Waals surface area (Å²) < 4.78 is 0. The molecule has 0 saturated heterocycles. The van der Waals surface area contributed by atoms with Crippen molar-refractivity contribution in [2.45, 2.75) is 13.3 Å². The first kappa shape index (κ1) is 7.78. The Morgan fingerprint density at radius 1 is 1.82 bits per heavy atom. The Morgan fingerprint density at radius 3 is 3.00 bits per heavy atom. The zero-order valence-corrected chi connectivity index (χ0v) is 6.66. The molecule has 0 aliphatic heterocycles. The third-order valence-corrected chi connectivity index (χ3v) is 1.52. The van der Waals surface area contributed by atoms with E-state index in [-0.39, 0.29) is 5.91 Å². The molecule has 0 spiro atoms. The summed E-state index contributed by atoms with van der Waals surface area (Å²) in [6.45, 7) is 1.83. The number of carbonyl (C=O) groups excluding carboxylic acids is 1. The average molecular weight is 153 g/mol. The van der Waals surface area contributed by atoms with Crippen molar-refractivity contribution in [2.75, 3.05) is 11.9 Å². The smallest absolute Gasteiger partial charge is 0.227 e. The Hall–Kier alpha value is -1.32. The molecule has 0 aliphatic rings. The highest BCUT2D eigenvalue weighted by Crippen LogP contribution is 2.06. The lowest BCUT2D eigenvalue weighted by atomic mass is 10.4. The van der Waals surface area contributed by atoms with Crippen LogP contribution in [0.5, 0.6) is 0 Å². The van der Waals surface area contributed by atoms with E-state index in [2.05, 4.69) is 10.2 Å². The average Bonchev–Trinajstić information content (AvgIpc) is 2.53. The zero-order chi connectivity index (χ0) is 8.27. The molecule has 0 aromatic carbocycles. The molecule has 0 radical (unpaired) electrons. The van der Waals surface area contributed by atoms with E-state index in [1.165, 1.54) is 0 Å². The number of H-pyrrole nitrogens is 1. The summed E-state index contributed by atoms with van der Waals surface area (Å²) >= 11 is 0. The van der Waals surface area contributed by atoms with Crippen molar-refractivity contribution >= 4 is 11.7 Å². The molecule has 0 fully saturated rings. The van der Waals surface area contributed by atoms with Crippen LogP contribution in [0.2, 0.25) is 0 Å². The van der Waals surface area contributed by atoms with Gasteiger partial charge in [-0.1, -0.05) is 6.92 Å². The van der Waals surface area contributed by atoms with Gasteiger partial charge in [0.1, 0.15) is 5.82 Å². The van der Waals surface area contributed by atoms with Crippen molar-refractivity contribution < 1.29 is 4.79 Å². The summed E-state index contributed by atoms with van der Waals surface area (Å²) in [6.07, 6.45) is 2.13. The number of nitrogens with zero attached hydrogens (tertiary/aromatic N) is 2. The van der Waals surface area contributed by atoms with Crippen molar-refractivity contribution in [1.29, 1.82) is 0 Å². The van der Waals surface area contributed by atoms with Gasteiger partial charge in [-0.05, 0) is 0 Å². The van der Waals surface area contributed by atoms with Gasteiger partial charge in [0.2, 0.25) is 5.91 Å². The minimum Gasteiger partial charge on any atom is -0.300 e. The molecule has 0 atom stereocenters. The summed E-state index contributed by atoms with van der Waals surface area (Å²) in [7, 11) is 1.72. The van der Waals surface area contributed by atoms with Crippen LogP contribution in [0.15, 0.2) is 12.3 Å². The maximum Gasteiger partial charge on any atom is 0.227 e. The highest BCUT2D eigenvalue weighted by atomic mass is 16.2. The quantitative estimate of drug-likeness (QED) is 0.682. The van der Waals surface area contributed by atoms with Gasteiger partial charge in [0, 0.05) is 19.5 Å². The topological polar surface area (TPSA) is 49.0 Å². The monoisotopic (exact) mass is 153 g/mol. The second kappa shape index (κ2) is 3.18. The molecular formula is C7H11N3O. The van der Waals surface area contributed by atoms with Crippen molar-refractivity contribution in [3.8, 4) is 0 Å². The fourth-order valence-corrected chi connectivity index (χ4v) is 0.807. The lowest BCUT2D eigenvalue weighted by Crippen LogP contribution is -2.25. The lowest BCUT2D eigenvalue weighted by molar-refractivity contribution is -0.118. The molecule has 1 heterocycles. The maximum absolute atomic E-state index is 11.1. The normalized spacial score (nSPS) is 9.64. The summed E-state index contributed by atoms with van der Waals surface area (Å²) in [5.41, 5.74) is 0. The fourth-order valence-electron chi connectivity index (χ4n) is 0.807. The Bertz CT molecular complexity index is 230. The van der Waals surface area contributed by atoms with Crippen molar-refractivity contribution in [3.63, 3.8) is 0 Å². The molecule has 1 rings (SSSR count). The first-order chi connectivity index (χ1) is 5.25. The molecule has 11 heavy (non-hydrogen) atoms. The van der Waals surface area contributed by atoms with Gasteiger partial charge in [-0.25, -0.2) is 0 Å². The number of hydrogen-bond donors (Lipinski definition) is 1. The molecule has 4 heteroatoms. The van der Waals surface area contributed by atoms with Gasteiger partial charge in [-0.15, -0.1) is 0 Å². The molecular weight excluding hydrogens is 142 g/mol. The highest BCUT2D eigenvalue weighted by molar-refractivity contribution is 5.91. The van der Waals surface area contributed by atoms with Crippen LogP contribution in [0.25, 0.3) is 0 Å². The van der Waals surface area contributed by atoms with E-state index in [1.807, 2.05) is 6.92 Å². The number of nitrogens with one attached hydrogen (secondary N) is 1. The van der Waals surface area contributed by atoms with E-state index in [9.17, 15) is 4.79 Å². The van der Waals surface area contributed by atoms with Crippen LogP contribution in [0.3, 0.4) is 0 Å². The first-order valence-electron chi connectivity index (χ1n) is 3.51. The molecule has 60 valence electrons. The van der Waals surface area contributed by atoms with Gasteiger partial charge in [-0.2, -0.15) is 5.10 Å². The van der Waals surface area contributed by atoms with Crippen molar-refractivity contribution in [1.82, 2.24) is 10.2 Å². The Kier molecular flexibility index (Phi) is 2.25. The Balaban J connectivity index is 2.70. The lowest BCUT2D eigenvalue weighted by Gasteiger charge is -2.12. The van der Waals surface area contributed by atoms with E-state index in [0.717, 1.165) is 5.82 Å². The number of anilines is 1. The van der Waals surface area contributed by atoms with Crippen LogP contribution in [0.1, 0.15) is 13.3 Å². The largest absolute Gasteiger partial charge is 0.300 e. The summed E-state index contributed by atoms with van der Waals surface area (Å²) in [6, 6.07) is 1.76. The molecule has 1 aromatic rings. The molecule has 0 saturated carbocycles. The molecule has 0 bridgehead atoms. The van der Waals surface area contributed by atoms with Crippen LogP contribution >= 0.6 is 0 Å². The van der Waals surface area contributed by atoms with Gasteiger partial charge in [0.05, 0.1) is 6.20 Å². The van der Waals surface area contributed by atoms with E-state index >= 15 is 0 Å².